The van der Waals surface area contributed by atoms with E-state index in [9.17, 15) is 18.0 Å². The minimum Gasteiger partial charge on any atom is -0.492 e. The summed E-state index contributed by atoms with van der Waals surface area (Å²) in [6, 6.07) is 4.10. The Kier molecular flexibility index (Phi) is 8.26. The molecule has 0 aliphatic carbocycles. The molecule has 0 spiro atoms. The maximum Gasteiger partial charge on any atom is 0.393 e. The average molecular weight is 526 g/mol. The van der Waals surface area contributed by atoms with E-state index in [4.69, 9.17) is 9.47 Å². The second-order valence-corrected chi connectivity index (χ2v) is 11.6. The maximum atomic E-state index is 13.4. The Morgan fingerprint density at radius 1 is 1.28 bits per heavy atom. The van der Waals surface area contributed by atoms with Gasteiger partial charge in [-0.3, -0.25) is 4.79 Å². The monoisotopic (exact) mass is 525 g/mol. The smallest absolute Gasteiger partial charge is 0.393 e. The van der Waals surface area contributed by atoms with Gasteiger partial charge in [0.1, 0.15) is 5.75 Å². The molecule has 0 saturated carbocycles. The highest BCUT2D eigenvalue weighted by molar-refractivity contribution is 7.09. The molecular formula is C26H34F3N3O3S. The highest BCUT2D eigenvalue weighted by atomic mass is 32.1. The fraction of sp³-hybridized carbons (Fsp3) is 0.615. The molecule has 2 atom stereocenters. The van der Waals surface area contributed by atoms with Crippen LogP contribution >= 0.6 is 11.3 Å². The van der Waals surface area contributed by atoms with E-state index in [0.717, 1.165) is 43.8 Å². The summed E-state index contributed by atoms with van der Waals surface area (Å²) in [6.45, 7) is 9.66. The van der Waals surface area contributed by atoms with Crippen molar-refractivity contribution in [2.75, 3.05) is 26.3 Å². The molecule has 2 saturated heterocycles. The number of nitrogens with zero attached hydrogens (tertiary/aromatic N) is 2. The van der Waals surface area contributed by atoms with Gasteiger partial charge in [-0.1, -0.05) is 26.8 Å². The molecule has 6 nitrogen and oxygen atoms in total. The highest BCUT2D eigenvalue weighted by Crippen LogP contribution is 2.28. The molecule has 2 aromatic rings. The molecule has 36 heavy (non-hydrogen) atoms. The molecule has 1 aromatic carbocycles. The van der Waals surface area contributed by atoms with E-state index >= 15 is 0 Å². The van der Waals surface area contributed by atoms with E-state index in [1.165, 1.54) is 29.5 Å². The van der Waals surface area contributed by atoms with E-state index in [1.807, 2.05) is 10.8 Å². The lowest BCUT2D eigenvalue weighted by Crippen LogP contribution is -2.24. The Morgan fingerprint density at radius 2 is 2.08 bits per heavy atom. The van der Waals surface area contributed by atoms with Crippen LogP contribution in [0.1, 0.15) is 60.8 Å². The van der Waals surface area contributed by atoms with Crippen molar-refractivity contribution in [2.24, 2.45) is 10.9 Å². The van der Waals surface area contributed by atoms with Crippen LogP contribution < -0.4 is 14.9 Å². The van der Waals surface area contributed by atoms with Gasteiger partial charge in [0.2, 0.25) is 0 Å². The summed E-state index contributed by atoms with van der Waals surface area (Å²) in [5.74, 6) is -0.0539. The van der Waals surface area contributed by atoms with Crippen LogP contribution in [-0.2, 0) is 23.1 Å². The fourth-order valence-corrected chi connectivity index (χ4v) is 5.43. The predicted molar refractivity (Wildman–Crippen MR) is 133 cm³/mol. The first-order chi connectivity index (χ1) is 17.0. The van der Waals surface area contributed by atoms with Crippen molar-refractivity contribution in [2.45, 2.75) is 70.7 Å². The van der Waals surface area contributed by atoms with Gasteiger partial charge in [-0.05, 0) is 48.9 Å². The van der Waals surface area contributed by atoms with Gasteiger partial charge in [0.25, 0.3) is 5.91 Å². The van der Waals surface area contributed by atoms with Crippen LogP contribution in [0.3, 0.4) is 0 Å². The third kappa shape index (κ3) is 7.20. The first-order valence-electron chi connectivity index (χ1n) is 12.4. The molecule has 0 radical (unpaired) electrons. The molecular weight excluding hydrogens is 491 g/mol. The second-order valence-electron chi connectivity index (χ2n) is 10.6. The second kappa shape index (κ2) is 11.1. The summed E-state index contributed by atoms with van der Waals surface area (Å²) in [7, 11) is 0. The third-order valence-electron chi connectivity index (χ3n) is 6.40. The van der Waals surface area contributed by atoms with Crippen LogP contribution in [0.25, 0.3) is 0 Å². The molecule has 2 fully saturated rings. The Morgan fingerprint density at radius 3 is 2.72 bits per heavy atom. The lowest BCUT2D eigenvalue weighted by atomic mass is 9.95. The van der Waals surface area contributed by atoms with Crippen LogP contribution in [0.2, 0.25) is 0 Å². The van der Waals surface area contributed by atoms with Crippen LogP contribution in [-0.4, -0.2) is 49.1 Å². The number of thiazole rings is 1. The van der Waals surface area contributed by atoms with Crippen molar-refractivity contribution >= 4 is 17.2 Å². The Hall–Kier alpha value is -2.17. The summed E-state index contributed by atoms with van der Waals surface area (Å²) in [5, 5.41) is 3.26. The van der Waals surface area contributed by atoms with Crippen LogP contribution in [0, 0.1) is 5.92 Å². The van der Waals surface area contributed by atoms with Gasteiger partial charge < -0.3 is 19.4 Å². The summed E-state index contributed by atoms with van der Waals surface area (Å²) >= 11 is 1.42. The summed E-state index contributed by atoms with van der Waals surface area (Å²) < 4.78 is 52.9. The largest absolute Gasteiger partial charge is 0.492 e. The minimum absolute atomic E-state index is 0.00438. The fourth-order valence-electron chi connectivity index (χ4n) is 4.38. The lowest BCUT2D eigenvalue weighted by molar-refractivity contribution is -0.127. The molecule has 10 heteroatoms. The zero-order valence-electron chi connectivity index (χ0n) is 21.0. The number of hydrogen-bond donors (Lipinski definition) is 1. The zero-order chi connectivity index (χ0) is 25.9. The van der Waals surface area contributed by atoms with Gasteiger partial charge in [-0.15, -0.1) is 11.3 Å². The number of nitrogens with one attached hydrogen (secondary N) is 1. The molecule has 2 aliphatic heterocycles. The normalized spacial score (nSPS) is 21.3. The minimum atomic E-state index is -4.38. The average Bonchev–Trinajstić information content (AvgIpc) is 3.54. The van der Waals surface area contributed by atoms with Gasteiger partial charge in [0.15, 0.2) is 4.80 Å². The summed E-state index contributed by atoms with van der Waals surface area (Å²) in [4.78, 5) is 19.4. The van der Waals surface area contributed by atoms with Gasteiger partial charge in [0, 0.05) is 30.1 Å². The van der Waals surface area contributed by atoms with Crippen molar-refractivity contribution in [3.8, 4) is 5.75 Å². The molecule has 0 unspecified atom stereocenters. The molecule has 3 heterocycles. The maximum absolute atomic E-state index is 13.4. The number of carbonyl (C=O) groups excluding carboxylic acids is 1. The first kappa shape index (κ1) is 26.9. The van der Waals surface area contributed by atoms with Crippen molar-refractivity contribution in [3.05, 3.63) is 45.2 Å². The van der Waals surface area contributed by atoms with E-state index in [2.05, 4.69) is 31.1 Å². The summed E-state index contributed by atoms with van der Waals surface area (Å²) in [5.41, 5.74) is -0.0856. The highest BCUT2D eigenvalue weighted by Gasteiger charge is 2.29. The first-order valence-corrected chi connectivity index (χ1v) is 13.2. The Balaban J connectivity index is 1.68. The number of alkyl halides is 3. The SMILES string of the molecule is CC(C)(C)c1cn(C[C@H]2CCCO2)c(=NC(=O)c2cc(CC(F)(F)F)ccc2OC[C@@H]2CCNC2)s1. The van der Waals surface area contributed by atoms with Crippen LogP contribution in [0.4, 0.5) is 13.2 Å². The number of benzene rings is 1. The molecule has 1 N–H and O–H groups in total. The van der Waals surface area contributed by atoms with Crippen LogP contribution in [0.5, 0.6) is 5.75 Å². The number of halogens is 3. The van der Waals surface area contributed by atoms with Gasteiger partial charge >= 0.3 is 6.18 Å². The van der Waals surface area contributed by atoms with E-state index in [-0.39, 0.29) is 28.4 Å². The van der Waals surface area contributed by atoms with E-state index in [1.54, 1.807) is 0 Å². The van der Waals surface area contributed by atoms with Crippen LogP contribution in [0.15, 0.2) is 29.4 Å². The van der Waals surface area contributed by atoms with Gasteiger partial charge in [0.05, 0.1) is 31.2 Å². The topological polar surface area (TPSA) is 64.9 Å². The number of hydrogen-bond acceptors (Lipinski definition) is 5. The molecule has 0 bridgehead atoms. The van der Waals surface area contributed by atoms with Crippen molar-refractivity contribution in [1.29, 1.82) is 0 Å². The molecule has 2 aliphatic rings. The van der Waals surface area contributed by atoms with Crippen molar-refractivity contribution in [1.82, 2.24) is 9.88 Å². The number of carbonyl (C=O) groups is 1. The molecule has 1 aromatic heterocycles. The Labute approximate surface area is 213 Å². The van der Waals surface area contributed by atoms with Gasteiger partial charge in [-0.2, -0.15) is 18.2 Å². The van der Waals surface area contributed by atoms with E-state index < -0.39 is 18.5 Å². The molecule has 198 valence electrons. The quantitative estimate of drug-likeness (QED) is 0.561. The predicted octanol–water partition coefficient (Wildman–Crippen LogP) is 4.86. The summed E-state index contributed by atoms with van der Waals surface area (Å²) in [6.07, 6.45) is -0.557. The number of ether oxygens (including phenoxy) is 2. The number of amides is 1. The van der Waals surface area contributed by atoms with Crippen molar-refractivity contribution in [3.63, 3.8) is 0 Å². The zero-order valence-corrected chi connectivity index (χ0v) is 21.8. The van der Waals surface area contributed by atoms with Gasteiger partial charge in [-0.25, -0.2) is 0 Å². The van der Waals surface area contributed by atoms with E-state index in [0.29, 0.717) is 23.9 Å². The molecule has 4 rings (SSSR count). The third-order valence-corrected chi connectivity index (χ3v) is 7.84. The lowest BCUT2D eigenvalue weighted by Gasteiger charge is -2.15. The number of aromatic nitrogens is 1. The number of rotatable bonds is 7. The van der Waals surface area contributed by atoms with Crippen molar-refractivity contribution < 1.29 is 27.4 Å². The standard InChI is InChI=1S/C26H34F3N3O3S/c1-25(2,3)22-15-32(14-19-5-4-10-34-19)24(36-22)31-23(33)20-11-17(12-26(27,28)29)6-7-21(20)35-16-18-8-9-30-13-18/h6-7,11,15,18-19,30H,4-5,8-10,12-14,16H2,1-3H3/t18-,19-/m1/s1. The Bertz CT molecular complexity index is 1120. The molecule has 1 amide bonds.